The second-order valence-electron chi connectivity index (χ2n) is 4.78. The summed E-state index contributed by atoms with van der Waals surface area (Å²) in [5, 5.41) is 2.63. The van der Waals surface area contributed by atoms with Gasteiger partial charge in [-0.25, -0.2) is 4.79 Å². The molecule has 1 heterocycles. The van der Waals surface area contributed by atoms with Gasteiger partial charge >= 0.3 is 5.97 Å². The Balaban J connectivity index is 1.83. The van der Waals surface area contributed by atoms with Crippen molar-refractivity contribution in [3.63, 3.8) is 0 Å². The molecule has 6 nitrogen and oxygen atoms in total. The number of nitrogens with one attached hydrogen (secondary N) is 1. The van der Waals surface area contributed by atoms with E-state index in [1.54, 1.807) is 24.3 Å². The van der Waals surface area contributed by atoms with Gasteiger partial charge in [-0.05, 0) is 37.6 Å². The Morgan fingerprint density at radius 3 is 2.86 bits per heavy atom. The average molecular weight is 291 g/mol. The molecule has 6 heteroatoms. The Labute approximate surface area is 122 Å². The highest BCUT2D eigenvalue weighted by Crippen LogP contribution is 2.32. The number of carbonyl (C=O) groups is 2. The molecule has 0 atom stereocenters. The molecular weight excluding hydrogens is 274 g/mol. The number of hydrogen-bond donors (Lipinski definition) is 1. The first-order chi connectivity index (χ1) is 10.0. The van der Waals surface area contributed by atoms with Crippen molar-refractivity contribution in [2.75, 3.05) is 13.4 Å². The number of fused-ring (bicyclic) bond motifs is 1. The van der Waals surface area contributed by atoms with E-state index in [-0.39, 0.29) is 25.3 Å². The molecule has 0 spiro atoms. The molecule has 1 amide bonds. The fourth-order valence-electron chi connectivity index (χ4n) is 1.73. The molecule has 21 heavy (non-hydrogen) atoms. The number of amides is 1. The monoisotopic (exact) mass is 291 g/mol. The van der Waals surface area contributed by atoms with E-state index in [1.165, 1.54) is 6.08 Å². The fourth-order valence-corrected chi connectivity index (χ4v) is 1.73. The molecule has 1 aromatic carbocycles. The number of hydrogen-bond acceptors (Lipinski definition) is 5. The van der Waals surface area contributed by atoms with Crippen LogP contribution in [0.15, 0.2) is 24.3 Å². The highest BCUT2D eigenvalue weighted by atomic mass is 16.7. The molecule has 0 aliphatic carbocycles. The van der Waals surface area contributed by atoms with Crippen molar-refractivity contribution in [2.45, 2.75) is 19.9 Å². The smallest absolute Gasteiger partial charge is 0.331 e. The van der Waals surface area contributed by atoms with Gasteiger partial charge in [-0.3, -0.25) is 4.79 Å². The van der Waals surface area contributed by atoms with E-state index in [1.807, 2.05) is 13.8 Å². The first kappa shape index (κ1) is 14.9. The third-order valence-electron chi connectivity index (χ3n) is 2.60. The van der Waals surface area contributed by atoms with Crippen LogP contribution in [0.5, 0.6) is 11.5 Å². The summed E-state index contributed by atoms with van der Waals surface area (Å²) < 4.78 is 15.3. The van der Waals surface area contributed by atoms with Crippen LogP contribution in [0.1, 0.15) is 19.4 Å². The topological polar surface area (TPSA) is 73.9 Å². The van der Waals surface area contributed by atoms with E-state index < -0.39 is 5.97 Å². The normalized spacial score (nSPS) is 12.7. The number of rotatable bonds is 5. The number of benzene rings is 1. The lowest BCUT2D eigenvalue weighted by Gasteiger charge is -2.07. The first-order valence-corrected chi connectivity index (χ1v) is 6.58. The quantitative estimate of drug-likeness (QED) is 0.657. The van der Waals surface area contributed by atoms with Gasteiger partial charge in [0.15, 0.2) is 18.1 Å². The summed E-state index contributed by atoms with van der Waals surface area (Å²) in [5.41, 5.74) is 0.780. The average Bonchev–Trinajstić information content (AvgIpc) is 2.89. The predicted octanol–water partition coefficient (Wildman–Crippen LogP) is 1.50. The molecule has 0 unspecified atom stereocenters. The largest absolute Gasteiger partial charge is 0.454 e. The van der Waals surface area contributed by atoms with Crippen LogP contribution < -0.4 is 14.8 Å². The second-order valence-corrected chi connectivity index (χ2v) is 4.78. The van der Waals surface area contributed by atoms with Gasteiger partial charge in [-0.2, -0.15) is 0 Å². The second kappa shape index (κ2) is 6.78. The van der Waals surface area contributed by atoms with E-state index in [0.29, 0.717) is 11.5 Å². The molecule has 1 aliphatic heterocycles. The fraction of sp³-hybridized carbons (Fsp3) is 0.333. The maximum Gasteiger partial charge on any atom is 0.331 e. The Hall–Kier alpha value is -2.50. The van der Waals surface area contributed by atoms with Crippen molar-refractivity contribution in [2.24, 2.45) is 0 Å². The van der Waals surface area contributed by atoms with Crippen molar-refractivity contribution in [1.29, 1.82) is 0 Å². The van der Waals surface area contributed by atoms with Crippen molar-refractivity contribution < 1.29 is 23.8 Å². The van der Waals surface area contributed by atoms with Crippen LogP contribution in [-0.4, -0.2) is 31.3 Å². The lowest BCUT2D eigenvalue weighted by Crippen LogP contribution is -2.33. The molecule has 1 aliphatic rings. The van der Waals surface area contributed by atoms with E-state index in [0.717, 1.165) is 5.56 Å². The van der Waals surface area contributed by atoms with Gasteiger partial charge in [0.25, 0.3) is 5.91 Å². The van der Waals surface area contributed by atoms with Crippen LogP contribution in [0, 0.1) is 0 Å². The zero-order chi connectivity index (χ0) is 15.2. The van der Waals surface area contributed by atoms with Crippen LogP contribution in [0.3, 0.4) is 0 Å². The Bertz CT molecular complexity index is 565. The van der Waals surface area contributed by atoms with Gasteiger partial charge in [0.1, 0.15) is 0 Å². The first-order valence-electron chi connectivity index (χ1n) is 6.58. The van der Waals surface area contributed by atoms with Crippen LogP contribution in [0.25, 0.3) is 6.08 Å². The van der Waals surface area contributed by atoms with Gasteiger partial charge < -0.3 is 19.5 Å². The van der Waals surface area contributed by atoms with Crippen molar-refractivity contribution in [1.82, 2.24) is 5.32 Å². The van der Waals surface area contributed by atoms with Crippen molar-refractivity contribution >= 4 is 18.0 Å². The highest BCUT2D eigenvalue weighted by Gasteiger charge is 2.12. The number of ether oxygens (including phenoxy) is 3. The minimum absolute atomic E-state index is 0.0142. The van der Waals surface area contributed by atoms with Gasteiger partial charge in [-0.15, -0.1) is 0 Å². The Morgan fingerprint density at radius 2 is 2.10 bits per heavy atom. The van der Waals surface area contributed by atoms with E-state index in [2.05, 4.69) is 5.32 Å². The standard InChI is InChI=1S/C15H17NO5/c1-10(2)16-14(17)8-19-15(18)6-4-11-3-5-12-13(7-11)21-9-20-12/h3-7,10H,8-9H2,1-2H3,(H,16,17). The summed E-state index contributed by atoms with van der Waals surface area (Å²) in [6, 6.07) is 5.34. The molecule has 0 bridgehead atoms. The molecule has 0 saturated carbocycles. The summed E-state index contributed by atoms with van der Waals surface area (Å²) in [6.07, 6.45) is 2.85. The summed E-state index contributed by atoms with van der Waals surface area (Å²) in [5.74, 6) is 0.420. The lowest BCUT2D eigenvalue weighted by atomic mass is 10.2. The number of carbonyl (C=O) groups excluding carboxylic acids is 2. The van der Waals surface area contributed by atoms with Crippen molar-refractivity contribution in [3.05, 3.63) is 29.8 Å². The molecule has 0 aromatic heterocycles. The van der Waals surface area contributed by atoms with Gasteiger partial charge in [-0.1, -0.05) is 6.07 Å². The van der Waals surface area contributed by atoms with E-state index >= 15 is 0 Å². The minimum atomic E-state index is -0.577. The third kappa shape index (κ3) is 4.52. The molecule has 1 aromatic rings. The summed E-state index contributed by atoms with van der Waals surface area (Å²) in [6.45, 7) is 3.58. The highest BCUT2D eigenvalue weighted by molar-refractivity contribution is 5.89. The maximum atomic E-state index is 11.5. The molecule has 0 radical (unpaired) electrons. The van der Waals surface area contributed by atoms with Gasteiger partial charge in [0, 0.05) is 12.1 Å². The van der Waals surface area contributed by atoms with E-state index in [9.17, 15) is 9.59 Å². The molecule has 2 rings (SSSR count). The predicted molar refractivity (Wildman–Crippen MR) is 75.8 cm³/mol. The molecular formula is C15H17NO5. The third-order valence-corrected chi connectivity index (χ3v) is 2.60. The molecule has 112 valence electrons. The van der Waals surface area contributed by atoms with Crippen LogP contribution in [0.2, 0.25) is 0 Å². The van der Waals surface area contributed by atoms with Gasteiger partial charge in [0.2, 0.25) is 6.79 Å². The van der Waals surface area contributed by atoms with Crippen molar-refractivity contribution in [3.8, 4) is 11.5 Å². The number of esters is 1. The molecule has 0 fully saturated rings. The van der Waals surface area contributed by atoms with Crippen LogP contribution >= 0.6 is 0 Å². The van der Waals surface area contributed by atoms with E-state index in [4.69, 9.17) is 14.2 Å². The maximum absolute atomic E-state index is 11.5. The SMILES string of the molecule is CC(C)NC(=O)COC(=O)C=Cc1ccc2c(c1)OCO2. The lowest BCUT2D eigenvalue weighted by molar-refractivity contribution is -0.143. The summed E-state index contributed by atoms with van der Waals surface area (Å²) >= 11 is 0. The zero-order valence-corrected chi connectivity index (χ0v) is 11.9. The summed E-state index contributed by atoms with van der Waals surface area (Å²) in [4.78, 5) is 22.8. The zero-order valence-electron chi connectivity index (χ0n) is 11.9. The molecule has 1 N–H and O–H groups in total. The Morgan fingerprint density at radius 1 is 1.33 bits per heavy atom. The van der Waals surface area contributed by atoms with Crippen LogP contribution in [-0.2, 0) is 14.3 Å². The van der Waals surface area contributed by atoms with Crippen LogP contribution in [0.4, 0.5) is 0 Å². The summed E-state index contributed by atoms with van der Waals surface area (Å²) in [7, 11) is 0. The minimum Gasteiger partial charge on any atom is -0.454 e. The Kier molecular flexibility index (Phi) is 4.81. The molecule has 0 saturated heterocycles. The van der Waals surface area contributed by atoms with Gasteiger partial charge in [0.05, 0.1) is 0 Å².